The molecule has 2 aromatic rings. The highest BCUT2D eigenvalue weighted by Gasteiger charge is 2.07. The number of aromatic amines is 1. The van der Waals surface area contributed by atoms with Crippen molar-refractivity contribution in [1.29, 1.82) is 0 Å². The fourth-order valence-electron chi connectivity index (χ4n) is 1.61. The summed E-state index contributed by atoms with van der Waals surface area (Å²) in [6.45, 7) is 1.95. The third kappa shape index (κ3) is 3.75. The van der Waals surface area contributed by atoms with E-state index < -0.39 is 5.56 Å². The lowest BCUT2D eigenvalue weighted by atomic mass is 10.1. The normalized spacial score (nSPS) is 11.5. The zero-order chi connectivity index (χ0) is 15.4. The van der Waals surface area contributed by atoms with Gasteiger partial charge in [0.15, 0.2) is 0 Å². The molecule has 0 spiro atoms. The fraction of sp³-hybridized carbons (Fsp3) is 0.154. The molecule has 1 aromatic carbocycles. The number of aromatic nitrogens is 2. The van der Waals surface area contributed by atoms with Crippen molar-refractivity contribution in [3.05, 3.63) is 55.4 Å². The Balaban J connectivity index is 2.30. The Hall–Kier alpha value is -1.56. The maximum Gasteiger partial charge on any atom is 0.285 e. The second kappa shape index (κ2) is 6.93. The van der Waals surface area contributed by atoms with Gasteiger partial charge >= 0.3 is 0 Å². The van der Waals surface area contributed by atoms with Crippen LogP contribution in [0.4, 0.5) is 5.69 Å². The molecule has 0 aliphatic heterocycles. The Labute approximate surface area is 135 Å². The summed E-state index contributed by atoms with van der Waals surface area (Å²) in [5.74, 6) is 0. The molecule has 0 unspecified atom stereocenters. The van der Waals surface area contributed by atoms with Crippen LogP contribution in [-0.4, -0.2) is 15.9 Å². The molecule has 21 heavy (non-hydrogen) atoms. The van der Waals surface area contributed by atoms with E-state index in [0.29, 0.717) is 22.2 Å². The van der Waals surface area contributed by atoms with E-state index in [0.717, 1.165) is 11.3 Å². The van der Waals surface area contributed by atoms with Crippen LogP contribution in [0, 0.1) is 0 Å². The third-order valence-electron chi connectivity index (χ3n) is 2.69. The number of rotatable bonds is 4. The van der Waals surface area contributed by atoms with Gasteiger partial charge in [-0.05, 0) is 24.1 Å². The lowest BCUT2D eigenvalue weighted by molar-refractivity contribution is 0.986. The number of hydrogen-bond donors (Lipinski definition) is 2. The quantitative estimate of drug-likeness (QED) is 0.651. The smallest absolute Gasteiger partial charge is 0.275 e. The molecule has 5 nitrogen and oxygen atoms in total. The number of hydrogen-bond acceptors (Lipinski definition) is 4. The highest BCUT2D eigenvalue weighted by atomic mass is 35.5. The average molecular weight is 346 g/mol. The van der Waals surface area contributed by atoms with Crippen molar-refractivity contribution >= 4 is 46.2 Å². The molecular formula is C13H11Cl3N4O. The molecule has 0 radical (unpaired) electrons. The lowest BCUT2D eigenvalue weighted by Crippen LogP contribution is -2.11. The molecule has 0 aliphatic rings. The van der Waals surface area contributed by atoms with Crippen LogP contribution in [-0.2, 0) is 0 Å². The van der Waals surface area contributed by atoms with E-state index in [-0.39, 0.29) is 5.02 Å². The second-order valence-electron chi connectivity index (χ2n) is 4.08. The van der Waals surface area contributed by atoms with Crippen LogP contribution in [0.15, 0.2) is 34.3 Å². The van der Waals surface area contributed by atoms with Crippen LogP contribution in [0.2, 0.25) is 15.1 Å². The zero-order valence-electron chi connectivity index (χ0n) is 11.0. The van der Waals surface area contributed by atoms with Gasteiger partial charge in [-0.3, -0.25) is 10.2 Å². The van der Waals surface area contributed by atoms with Crippen molar-refractivity contribution in [2.45, 2.75) is 13.3 Å². The van der Waals surface area contributed by atoms with Crippen LogP contribution in [0.3, 0.4) is 0 Å². The summed E-state index contributed by atoms with van der Waals surface area (Å²) < 4.78 is 0. The van der Waals surface area contributed by atoms with Gasteiger partial charge in [-0.15, -0.1) is 0 Å². The van der Waals surface area contributed by atoms with Gasteiger partial charge in [0.05, 0.1) is 22.0 Å². The monoisotopic (exact) mass is 344 g/mol. The van der Waals surface area contributed by atoms with Gasteiger partial charge in [-0.2, -0.15) is 10.2 Å². The standard InChI is InChI=1S/C13H11Cl3N4O/c1-2-10(7-3-4-8(14)9(15)5-7)18-19-11-6-17-20-13(21)12(11)16/h3-6H,2H2,1H3,(H2,19,20,21)/b18-10-. The molecule has 0 fully saturated rings. The number of benzene rings is 1. The highest BCUT2D eigenvalue weighted by Crippen LogP contribution is 2.23. The fourth-order valence-corrected chi connectivity index (χ4v) is 2.04. The Morgan fingerprint density at radius 2 is 2.10 bits per heavy atom. The van der Waals surface area contributed by atoms with E-state index in [9.17, 15) is 4.79 Å². The van der Waals surface area contributed by atoms with Crippen molar-refractivity contribution in [2.24, 2.45) is 5.10 Å². The molecule has 0 atom stereocenters. The van der Waals surface area contributed by atoms with Gasteiger partial charge in [0, 0.05) is 0 Å². The minimum atomic E-state index is -0.482. The third-order valence-corrected chi connectivity index (χ3v) is 3.81. The number of H-pyrrole nitrogens is 1. The van der Waals surface area contributed by atoms with E-state index in [1.54, 1.807) is 12.1 Å². The molecule has 110 valence electrons. The molecule has 2 rings (SSSR count). The molecule has 0 bridgehead atoms. The maximum atomic E-state index is 11.3. The molecule has 1 aromatic heterocycles. The zero-order valence-corrected chi connectivity index (χ0v) is 13.2. The van der Waals surface area contributed by atoms with Crippen LogP contribution in [0.25, 0.3) is 0 Å². The Morgan fingerprint density at radius 1 is 1.33 bits per heavy atom. The van der Waals surface area contributed by atoms with Crippen molar-refractivity contribution in [3.8, 4) is 0 Å². The largest absolute Gasteiger partial charge is 0.285 e. The number of anilines is 1. The van der Waals surface area contributed by atoms with Crippen LogP contribution in [0.1, 0.15) is 18.9 Å². The molecular weight excluding hydrogens is 335 g/mol. The molecule has 0 saturated heterocycles. The summed E-state index contributed by atoms with van der Waals surface area (Å²) in [7, 11) is 0. The summed E-state index contributed by atoms with van der Waals surface area (Å²) in [5.41, 5.74) is 4.15. The predicted molar refractivity (Wildman–Crippen MR) is 86.8 cm³/mol. The topological polar surface area (TPSA) is 70.1 Å². The van der Waals surface area contributed by atoms with Gasteiger partial charge in [0.1, 0.15) is 10.7 Å². The molecule has 2 N–H and O–H groups in total. The second-order valence-corrected chi connectivity index (χ2v) is 5.27. The lowest BCUT2D eigenvalue weighted by Gasteiger charge is -2.07. The van der Waals surface area contributed by atoms with Gasteiger partial charge in [-0.25, -0.2) is 5.10 Å². The van der Waals surface area contributed by atoms with E-state index >= 15 is 0 Å². The first-order valence-corrected chi connectivity index (χ1v) is 7.17. The van der Waals surface area contributed by atoms with E-state index in [1.165, 1.54) is 6.20 Å². The van der Waals surface area contributed by atoms with Gasteiger partial charge in [0.25, 0.3) is 5.56 Å². The summed E-state index contributed by atoms with van der Waals surface area (Å²) in [4.78, 5) is 11.3. The first kappa shape index (κ1) is 15.8. The van der Waals surface area contributed by atoms with Crippen LogP contribution >= 0.6 is 34.8 Å². The maximum absolute atomic E-state index is 11.3. The van der Waals surface area contributed by atoms with Crippen LogP contribution < -0.4 is 11.0 Å². The summed E-state index contributed by atoms with van der Waals surface area (Å²) in [6, 6.07) is 5.24. The SMILES string of the molecule is CC/C(=N/Nc1cn[nH]c(=O)c1Cl)c1ccc(Cl)c(Cl)c1. The molecule has 0 amide bonds. The predicted octanol–water partition coefficient (Wildman–Crippen LogP) is 3.96. The minimum absolute atomic E-state index is 0.00154. The number of hydrazone groups is 1. The van der Waals surface area contributed by atoms with E-state index in [4.69, 9.17) is 34.8 Å². The number of nitrogens with one attached hydrogen (secondary N) is 2. The minimum Gasteiger partial charge on any atom is -0.275 e. The van der Waals surface area contributed by atoms with Gasteiger partial charge in [-0.1, -0.05) is 47.8 Å². The van der Waals surface area contributed by atoms with Crippen molar-refractivity contribution in [3.63, 3.8) is 0 Å². The Bertz CT molecular complexity index is 742. The summed E-state index contributed by atoms with van der Waals surface area (Å²) in [5, 5.41) is 11.1. The Kier molecular flexibility index (Phi) is 5.22. The van der Waals surface area contributed by atoms with Crippen molar-refractivity contribution in [1.82, 2.24) is 10.2 Å². The van der Waals surface area contributed by atoms with E-state index in [2.05, 4.69) is 20.7 Å². The van der Waals surface area contributed by atoms with Crippen LogP contribution in [0.5, 0.6) is 0 Å². The summed E-state index contributed by atoms with van der Waals surface area (Å²) >= 11 is 17.7. The molecule has 8 heteroatoms. The van der Waals surface area contributed by atoms with Crippen molar-refractivity contribution in [2.75, 3.05) is 5.43 Å². The first-order valence-electron chi connectivity index (χ1n) is 6.04. The summed E-state index contributed by atoms with van der Waals surface area (Å²) in [6.07, 6.45) is 2.04. The molecule has 0 aliphatic carbocycles. The van der Waals surface area contributed by atoms with E-state index in [1.807, 2.05) is 13.0 Å². The first-order chi connectivity index (χ1) is 10.0. The van der Waals surface area contributed by atoms with Gasteiger partial charge < -0.3 is 0 Å². The Morgan fingerprint density at radius 3 is 2.76 bits per heavy atom. The number of nitrogens with zero attached hydrogens (tertiary/aromatic N) is 2. The van der Waals surface area contributed by atoms with Crippen molar-refractivity contribution < 1.29 is 0 Å². The highest BCUT2D eigenvalue weighted by molar-refractivity contribution is 6.42. The average Bonchev–Trinajstić information content (AvgIpc) is 2.47. The van der Waals surface area contributed by atoms with Gasteiger partial charge in [0.2, 0.25) is 0 Å². The molecule has 0 saturated carbocycles. The number of halogens is 3. The molecule has 1 heterocycles.